The first kappa shape index (κ1) is 22.9. The molecule has 9 heteroatoms. The first-order valence-corrected chi connectivity index (χ1v) is 10.6. The lowest BCUT2D eigenvalue weighted by atomic mass is 10.1. The molecule has 0 saturated heterocycles. The third kappa shape index (κ3) is 5.81. The summed E-state index contributed by atoms with van der Waals surface area (Å²) in [7, 11) is -3.96. The Kier molecular flexibility index (Phi) is 7.55. The number of anilines is 1. The molecule has 0 aliphatic heterocycles. The molecule has 1 amide bonds. The van der Waals surface area contributed by atoms with Crippen LogP contribution in [-0.2, 0) is 19.6 Å². The summed E-state index contributed by atoms with van der Waals surface area (Å²) in [5.74, 6) is -1.40. The van der Waals surface area contributed by atoms with E-state index in [2.05, 4.69) is 10.0 Å². The average molecular weight is 429 g/mol. The number of nitrogens with zero attached hydrogens (tertiary/aromatic N) is 1. The molecule has 0 aliphatic rings. The van der Waals surface area contributed by atoms with Crippen LogP contribution in [0.4, 0.5) is 5.69 Å². The molecule has 158 valence electrons. The van der Waals surface area contributed by atoms with Crippen molar-refractivity contribution < 1.29 is 22.7 Å². The number of para-hydroxylation sites is 1. The molecular weight excluding hydrogens is 406 g/mol. The average Bonchev–Trinajstić information content (AvgIpc) is 2.65. The van der Waals surface area contributed by atoms with E-state index in [0.717, 1.165) is 5.56 Å². The van der Waals surface area contributed by atoms with E-state index in [1.807, 2.05) is 13.0 Å². The first-order chi connectivity index (χ1) is 14.2. The van der Waals surface area contributed by atoms with E-state index in [1.54, 1.807) is 38.1 Å². The highest BCUT2D eigenvalue weighted by molar-refractivity contribution is 7.92. The second-order valence-corrected chi connectivity index (χ2v) is 8.33. The topological polar surface area (TPSA) is 125 Å². The second-order valence-electron chi connectivity index (χ2n) is 6.71. The van der Waals surface area contributed by atoms with Gasteiger partial charge in [-0.15, -0.1) is 0 Å². The van der Waals surface area contributed by atoms with Crippen LogP contribution in [-0.4, -0.2) is 33.4 Å². The van der Waals surface area contributed by atoms with Gasteiger partial charge >= 0.3 is 5.97 Å². The van der Waals surface area contributed by atoms with Gasteiger partial charge in [-0.25, -0.2) is 13.2 Å². The van der Waals surface area contributed by atoms with Gasteiger partial charge in [-0.1, -0.05) is 29.8 Å². The predicted octanol–water partition coefficient (Wildman–Crippen LogP) is 2.60. The number of nitriles is 1. The minimum atomic E-state index is -3.96. The van der Waals surface area contributed by atoms with Crippen molar-refractivity contribution in [1.29, 1.82) is 5.26 Å². The van der Waals surface area contributed by atoms with Gasteiger partial charge in [-0.2, -0.15) is 5.26 Å². The number of carbonyl (C=O) groups is 2. The lowest BCUT2D eigenvalue weighted by Crippen LogP contribution is -2.29. The van der Waals surface area contributed by atoms with Crippen LogP contribution in [0.25, 0.3) is 0 Å². The van der Waals surface area contributed by atoms with Gasteiger partial charge < -0.3 is 10.1 Å². The Labute approximate surface area is 175 Å². The lowest BCUT2D eigenvalue weighted by Gasteiger charge is -2.16. The van der Waals surface area contributed by atoms with E-state index >= 15 is 0 Å². The highest BCUT2D eigenvalue weighted by atomic mass is 32.2. The highest BCUT2D eigenvalue weighted by Crippen LogP contribution is 2.26. The molecule has 0 radical (unpaired) electrons. The number of carbonyl (C=O) groups excluding carboxylic acids is 2. The summed E-state index contributed by atoms with van der Waals surface area (Å²) in [6.07, 6.45) is 0.141. The third-order valence-corrected chi connectivity index (χ3v) is 5.83. The van der Waals surface area contributed by atoms with Crippen molar-refractivity contribution in [3.05, 3.63) is 58.7 Å². The molecule has 2 aromatic rings. The predicted molar refractivity (Wildman–Crippen MR) is 111 cm³/mol. The molecule has 0 spiro atoms. The molecule has 0 unspecified atom stereocenters. The summed E-state index contributed by atoms with van der Waals surface area (Å²) in [5.41, 5.74) is 2.16. The molecule has 2 rings (SSSR count). The Hall–Kier alpha value is -3.38. The fourth-order valence-electron chi connectivity index (χ4n) is 3.05. The first-order valence-electron chi connectivity index (χ1n) is 9.16. The van der Waals surface area contributed by atoms with Crippen LogP contribution in [0.5, 0.6) is 0 Å². The molecular formula is C21H23N3O5S. The van der Waals surface area contributed by atoms with Crippen molar-refractivity contribution in [2.75, 3.05) is 17.9 Å². The summed E-state index contributed by atoms with van der Waals surface area (Å²) < 4.78 is 33.4. The van der Waals surface area contributed by atoms with E-state index < -0.39 is 28.5 Å². The van der Waals surface area contributed by atoms with Crippen molar-refractivity contribution in [2.45, 2.75) is 32.1 Å². The quantitative estimate of drug-likeness (QED) is 0.491. The monoisotopic (exact) mass is 429 g/mol. The Morgan fingerprint density at radius 1 is 1.10 bits per heavy atom. The van der Waals surface area contributed by atoms with Crippen LogP contribution in [0.1, 0.15) is 33.5 Å². The number of amides is 1. The Balaban J connectivity index is 2.20. The van der Waals surface area contributed by atoms with Crippen molar-refractivity contribution in [3.63, 3.8) is 0 Å². The maximum atomic E-state index is 13.0. The van der Waals surface area contributed by atoms with Crippen LogP contribution >= 0.6 is 0 Å². The largest absolute Gasteiger partial charge is 0.452 e. The van der Waals surface area contributed by atoms with Crippen LogP contribution in [0, 0.1) is 32.1 Å². The van der Waals surface area contributed by atoms with Crippen molar-refractivity contribution in [1.82, 2.24) is 5.32 Å². The summed E-state index contributed by atoms with van der Waals surface area (Å²) in [6, 6.07) is 11.4. The lowest BCUT2D eigenvalue weighted by molar-refractivity contribution is -0.124. The Morgan fingerprint density at radius 3 is 2.37 bits per heavy atom. The number of esters is 1. The standard InChI is InChI=1S/C21H23N3O5S/c1-14-11-15(2)20(16(3)12-14)30(27,28)24-18-8-5-4-7-17(18)21(26)29-13-19(25)23-10-6-9-22/h4-5,7-8,11-12,24H,6,10,13H2,1-3H3,(H,23,25). The van der Waals surface area contributed by atoms with Crippen molar-refractivity contribution in [3.8, 4) is 6.07 Å². The third-order valence-electron chi connectivity index (χ3n) is 4.16. The van der Waals surface area contributed by atoms with Gasteiger partial charge in [-0.3, -0.25) is 9.52 Å². The van der Waals surface area contributed by atoms with E-state index in [0.29, 0.717) is 11.1 Å². The van der Waals surface area contributed by atoms with Gasteiger partial charge in [0.05, 0.1) is 28.6 Å². The summed E-state index contributed by atoms with van der Waals surface area (Å²) >= 11 is 0. The highest BCUT2D eigenvalue weighted by Gasteiger charge is 2.23. The summed E-state index contributed by atoms with van der Waals surface area (Å²) in [6.45, 7) is 4.91. The zero-order valence-electron chi connectivity index (χ0n) is 17.0. The van der Waals surface area contributed by atoms with E-state index in [4.69, 9.17) is 10.00 Å². The molecule has 30 heavy (non-hydrogen) atoms. The molecule has 0 heterocycles. The van der Waals surface area contributed by atoms with Gasteiger partial charge in [0, 0.05) is 6.54 Å². The Bertz CT molecular complexity index is 1080. The smallest absolute Gasteiger partial charge is 0.340 e. The number of ether oxygens (including phenoxy) is 1. The zero-order chi connectivity index (χ0) is 22.3. The number of nitrogens with one attached hydrogen (secondary N) is 2. The fraction of sp³-hybridized carbons (Fsp3) is 0.286. The number of aryl methyl sites for hydroxylation is 3. The molecule has 8 nitrogen and oxygen atoms in total. The minimum absolute atomic E-state index is 0.0201. The number of rotatable bonds is 8. The molecule has 0 aromatic heterocycles. The van der Waals surface area contributed by atoms with Gasteiger partial charge in [-0.05, 0) is 44.0 Å². The number of hydrogen-bond acceptors (Lipinski definition) is 6. The summed E-state index contributed by atoms with van der Waals surface area (Å²) in [5, 5.41) is 10.9. The Morgan fingerprint density at radius 2 is 1.73 bits per heavy atom. The maximum Gasteiger partial charge on any atom is 0.340 e. The molecule has 0 aliphatic carbocycles. The number of hydrogen-bond donors (Lipinski definition) is 2. The van der Waals surface area contributed by atoms with Gasteiger partial charge in [0.2, 0.25) is 0 Å². The van der Waals surface area contributed by atoms with Crippen molar-refractivity contribution in [2.24, 2.45) is 0 Å². The van der Waals surface area contributed by atoms with Crippen LogP contribution in [0.2, 0.25) is 0 Å². The van der Waals surface area contributed by atoms with Gasteiger partial charge in [0.15, 0.2) is 6.61 Å². The molecule has 0 atom stereocenters. The second kappa shape index (κ2) is 9.89. The maximum absolute atomic E-state index is 13.0. The molecule has 0 saturated carbocycles. The van der Waals surface area contributed by atoms with E-state index in [9.17, 15) is 18.0 Å². The zero-order valence-corrected chi connectivity index (χ0v) is 17.8. The normalized spacial score (nSPS) is 10.7. The van der Waals surface area contributed by atoms with Gasteiger partial charge in [0.1, 0.15) is 0 Å². The van der Waals surface area contributed by atoms with Crippen LogP contribution < -0.4 is 10.0 Å². The fourth-order valence-corrected chi connectivity index (χ4v) is 4.59. The van der Waals surface area contributed by atoms with Crippen LogP contribution in [0.3, 0.4) is 0 Å². The van der Waals surface area contributed by atoms with Gasteiger partial charge in [0.25, 0.3) is 15.9 Å². The van der Waals surface area contributed by atoms with E-state index in [-0.39, 0.29) is 29.1 Å². The number of benzene rings is 2. The summed E-state index contributed by atoms with van der Waals surface area (Å²) in [4.78, 5) is 24.2. The molecule has 2 aromatic carbocycles. The van der Waals surface area contributed by atoms with Crippen LogP contribution in [0.15, 0.2) is 41.3 Å². The SMILES string of the molecule is Cc1cc(C)c(S(=O)(=O)Nc2ccccc2C(=O)OCC(=O)NCCC#N)c(C)c1. The molecule has 0 bridgehead atoms. The van der Waals surface area contributed by atoms with Crippen molar-refractivity contribution >= 4 is 27.6 Å². The minimum Gasteiger partial charge on any atom is -0.452 e. The molecule has 2 N–H and O–H groups in total. The molecule has 0 fully saturated rings. The number of sulfonamides is 1. The van der Waals surface area contributed by atoms with E-state index in [1.165, 1.54) is 12.1 Å².